The predicted octanol–water partition coefficient (Wildman–Crippen LogP) is 4.89. The normalized spacial score (nSPS) is 18.1. The van der Waals surface area contributed by atoms with Crippen molar-refractivity contribution < 1.29 is 9.53 Å². The number of carbonyl (C=O) groups is 1. The van der Waals surface area contributed by atoms with Gasteiger partial charge in [0.1, 0.15) is 17.9 Å². The number of likely N-dealkylation sites (tertiary alicyclic amines) is 1. The van der Waals surface area contributed by atoms with Gasteiger partial charge in [-0.2, -0.15) is 15.2 Å². The third-order valence-electron chi connectivity index (χ3n) is 9.69. The smallest absolute Gasteiger partial charge is 0.319 e. The maximum Gasteiger partial charge on any atom is 0.319 e. The minimum Gasteiger partial charge on any atom is -0.462 e. The third kappa shape index (κ3) is 6.00. The fourth-order valence-corrected chi connectivity index (χ4v) is 7.11. The van der Waals surface area contributed by atoms with Crippen LogP contribution in [0.5, 0.6) is 6.01 Å². The van der Waals surface area contributed by atoms with E-state index in [0.29, 0.717) is 49.1 Å². The Morgan fingerprint density at radius 1 is 1.00 bits per heavy atom. The van der Waals surface area contributed by atoms with Crippen LogP contribution in [-0.2, 0) is 4.79 Å². The Hall–Kier alpha value is -5.60. The number of carbonyl (C=O) groups excluding carboxylic acids is 1. The number of benzene rings is 3. The standard InChI is InChI=1S/C38H38N8O3/c1-4-31(47)45-22-21-44(23-28(45)18-19-39)36-33-34(41-38(42-36)49-24-29-16-10-20-43(29)3)37(48)46(35(40-33)27-12-6-5-7-13-27)30-17-9-15-26-14-8-11-25(2)32(26)30/h4-9,11-15,17,28-29H,1,10,16,18,20-24H2,2-3H3/t28-,29-/m0/s1. The molecule has 2 aliphatic rings. The van der Waals surface area contributed by atoms with Crippen molar-refractivity contribution in [2.45, 2.75) is 38.3 Å². The molecule has 0 saturated carbocycles. The molecule has 11 heteroatoms. The molecular formula is C38H38N8O3. The van der Waals surface area contributed by atoms with E-state index in [1.807, 2.05) is 78.6 Å². The molecule has 2 aliphatic heterocycles. The second-order valence-electron chi connectivity index (χ2n) is 12.7. The van der Waals surface area contributed by atoms with E-state index >= 15 is 0 Å². The second kappa shape index (κ2) is 13.5. The maximum absolute atomic E-state index is 15.0. The zero-order valence-electron chi connectivity index (χ0n) is 27.7. The largest absolute Gasteiger partial charge is 0.462 e. The summed E-state index contributed by atoms with van der Waals surface area (Å²) in [5, 5.41) is 11.6. The molecule has 5 aromatic rings. The lowest BCUT2D eigenvalue weighted by molar-refractivity contribution is -0.128. The van der Waals surface area contributed by atoms with E-state index in [1.54, 1.807) is 9.47 Å². The zero-order valence-corrected chi connectivity index (χ0v) is 27.7. The van der Waals surface area contributed by atoms with Crippen LogP contribution in [0.4, 0.5) is 5.82 Å². The number of hydrogen-bond acceptors (Lipinski definition) is 9. The first-order valence-corrected chi connectivity index (χ1v) is 16.6. The Balaban J connectivity index is 1.46. The van der Waals surface area contributed by atoms with E-state index < -0.39 is 6.04 Å². The fraction of sp³-hybridized carbons (Fsp3) is 0.316. The van der Waals surface area contributed by atoms with Crippen LogP contribution in [0.3, 0.4) is 0 Å². The molecule has 0 radical (unpaired) electrons. The molecule has 3 aromatic carbocycles. The Morgan fingerprint density at radius 3 is 2.53 bits per heavy atom. The first-order chi connectivity index (χ1) is 23.9. The van der Waals surface area contributed by atoms with E-state index in [-0.39, 0.29) is 35.5 Å². The molecule has 0 spiro atoms. The van der Waals surface area contributed by atoms with E-state index in [4.69, 9.17) is 19.7 Å². The highest BCUT2D eigenvalue weighted by atomic mass is 16.5. The molecule has 2 fully saturated rings. The number of aromatic nitrogens is 4. The van der Waals surface area contributed by atoms with Crippen molar-refractivity contribution in [2.24, 2.45) is 0 Å². The van der Waals surface area contributed by atoms with Crippen LogP contribution < -0.4 is 15.2 Å². The minimum atomic E-state index is -0.404. The van der Waals surface area contributed by atoms with Gasteiger partial charge in [0.15, 0.2) is 11.3 Å². The lowest BCUT2D eigenvalue weighted by Crippen LogP contribution is -2.55. The number of likely N-dealkylation sites (N-methyl/N-ethyl adjacent to an activating group) is 1. The van der Waals surface area contributed by atoms with Crippen molar-refractivity contribution in [3.63, 3.8) is 0 Å². The Bertz CT molecular complexity index is 2150. The monoisotopic (exact) mass is 654 g/mol. The Kier molecular flexibility index (Phi) is 8.80. The summed E-state index contributed by atoms with van der Waals surface area (Å²) in [7, 11) is 2.08. The molecule has 0 bridgehead atoms. The molecule has 4 heterocycles. The average Bonchev–Trinajstić information content (AvgIpc) is 3.54. The van der Waals surface area contributed by atoms with Gasteiger partial charge in [-0.3, -0.25) is 14.2 Å². The van der Waals surface area contributed by atoms with Crippen LogP contribution in [0, 0.1) is 18.3 Å². The van der Waals surface area contributed by atoms with Crippen LogP contribution in [-0.4, -0.2) is 87.1 Å². The molecule has 7 rings (SSSR count). The molecule has 0 aliphatic carbocycles. The molecule has 2 atom stereocenters. The van der Waals surface area contributed by atoms with Gasteiger partial charge in [-0.25, -0.2) is 4.98 Å². The number of nitriles is 1. The van der Waals surface area contributed by atoms with Crippen LogP contribution in [0.25, 0.3) is 38.9 Å². The highest BCUT2D eigenvalue weighted by molar-refractivity contribution is 5.95. The fourth-order valence-electron chi connectivity index (χ4n) is 7.11. The quantitative estimate of drug-likeness (QED) is 0.215. The first kappa shape index (κ1) is 32.0. The average molecular weight is 655 g/mol. The number of nitrogens with zero attached hydrogens (tertiary/aromatic N) is 8. The predicted molar refractivity (Wildman–Crippen MR) is 190 cm³/mol. The summed E-state index contributed by atoms with van der Waals surface area (Å²) in [5.41, 5.74) is 2.61. The molecule has 0 unspecified atom stereocenters. The third-order valence-corrected chi connectivity index (χ3v) is 9.69. The van der Waals surface area contributed by atoms with Gasteiger partial charge in [0, 0.05) is 36.6 Å². The van der Waals surface area contributed by atoms with Gasteiger partial charge in [-0.1, -0.05) is 67.2 Å². The minimum absolute atomic E-state index is 0.0937. The van der Waals surface area contributed by atoms with Gasteiger partial charge < -0.3 is 19.4 Å². The molecule has 0 N–H and O–H groups in total. The van der Waals surface area contributed by atoms with Crippen LogP contribution >= 0.6 is 0 Å². The summed E-state index contributed by atoms with van der Waals surface area (Å²) in [6.45, 7) is 8.14. The summed E-state index contributed by atoms with van der Waals surface area (Å²) in [6.07, 6.45) is 3.49. The van der Waals surface area contributed by atoms with Gasteiger partial charge in [0.2, 0.25) is 5.91 Å². The number of amides is 1. The van der Waals surface area contributed by atoms with Crippen molar-refractivity contribution in [3.05, 3.63) is 95.3 Å². The molecule has 248 valence electrons. The summed E-state index contributed by atoms with van der Waals surface area (Å²) in [6, 6.07) is 23.7. The number of fused-ring (bicyclic) bond motifs is 2. The van der Waals surface area contributed by atoms with Gasteiger partial charge in [-0.15, -0.1) is 0 Å². The van der Waals surface area contributed by atoms with Crippen molar-refractivity contribution >= 4 is 33.5 Å². The molecular weight excluding hydrogens is 616 g/mol. The van der Waals surface area contributed by atoms with Crippen molar-refractivity contribution in [1.29, 1.82) is 5.26 Å². The van der Waals surface area contributed by atoms with Crippen LogP contribution in [0.2, 0.25) is 0 Å². The maximum atomic E-state index is 15.0. The van der Waals surface area contributed by atoms with Crippen molar-refractivity contribution in [1.82, 2.24) is 29.3 Å². The van der Waals surface area contributed by atoms with E-state index in [9.17, 15) is 14.9 Å². The number of hydrogen-bond donors (Lipinski definition) is 0. The number of rotatable bonds is 8. The first-order valence-electron chi connectivity index (χ1n) is 16.6. The topological polar surface area (TPSA) is 120 Å². The zero-order chi connectivity index (χ0) is 34.1. The SMILES string of the molecule is C=CC(=O)N1CCN(c2nc(OC[C@@H]3CCCN3C)nc3c(=O)n(-c4cccc5cccc(C)c45)c(-c4ccccc4)nc23)C[C@@H]1CC#N. The summed E-state index contributed by atoms with van der Waals surface area (Å²) in [4.78, 5) is 48.4. The Morgan fingerprint density at radius 2 is 1.80 bits per heavy atom. The van der Waals surface area contributed by atoms with Crippen molar-refractivity contribution in [2.75, 3.05) is 44.7 Å². The number of aryl methyl sites for hydroxylation is 1. The molecule has 1 amide bonds. The Labute approximate surface area is 284 Å². The van der Waals surface area contributed by atoms with Gasteiger partial charge in [0.25, 0.3) is 5.56 Å². The number of piperazine rings is 1. The highest BCUT2D eigenvalue weighted by Crippen LogP contribution is 2.32. The van der Waals surface area contributed by atoms with Gasteiger partial charge in [-0.05, 0) is 56.4 Å². The number of anilines is 1. The molecule has 2 aromatic heterocycles. The number of ether oxygens (including phenoxy) is 1. The summed E-state index contributed by atoms with van der Waals surface area (Å²) < 4.78 is 7.91. The molecule has 49 heavy (non-hydrogen) atoms. The summed E-state index contributed by atoms with van der Waals surface area (Å²) >= 11 is 0. The lowest BCUT2D eigenvalue weighted by Gasteiger charge is -2.40. The van der Waals surface area contributed by atoms with E-state index in [0.717, 1.165) is 41.3 Å². The van der Waals surface area contributed by atoms with Crippen LogP contribution in [0.15, 0.2) is 84.2 Å². The van der Waals surface area contributed by atoms with Crippen molar-refractivity contribution in [3.8, 4) is 29.2 Å². The van der Waals surface area contributed by atoms with Gasteiger partial charge in [0.05, 0.1) is 24.2 Å². The summed E-state index contributed by atoms with van der Waals surface area (Å²) in [5.74, 6) is 0.660. The second-order valence-corrected chi connectivity index (χ2v) is 12.7. The van der Waals surface area contributed by atoms with E-state index in [1.165, 1.54) is 6.08 Å². The molecule has 2 saturated heterocycles. The molecule has 11 nitrogen and oxygen atoms in total. The van der Waals surface area contributed by atoms with Gasteiger partial charge >= 0.3 is 6.01 Å². The lowest BCUT2D eigenvalue weighted by atomic mass is 10.0. The van der Waals surface area contributed by atoms with E-state index in [2.05, 4.69) is 24.6 Å². The van der Waals surface area contributed by atoms with Crippen LogP contribution in [0.1, 0.15) is 24.8 Å². The highest BCUT2D eigenvalue weighted by Gasteiger charge is 2.33.